The third-order valence-electron chi connectivity index (χ3n) is 5.29. The number of aryl methyl sites for hydroxylation is 1. The molecule has 4 rings (SSSR count). The summed E-state index contributed by atoms with van der Waals surface area (Å²) >= 11 is 1.39. The number of carbonyl (C=O) groups is 1. The largest absolute Gasteiger partial charge is 0.497 e. The third-order valence-corrected chi connectivity index (χ3v) is 6.04. The molecule has 2 N–H and O–H groups in total. The van der Waals surface area contributed by atoms with E-state index in [1.807, 2.05) is 44.4 Å². The van der Waals surface area contributed by atoms with Crippen LogP contribution in [-0.2, 0) is 4.79 Å². The molecule has 1 aromatic carbocycles. The number of nitrogens with one attached hydrogen (secondary N) is 2. The predicted molar refractivity (Wildman–Crippen MR) is 116 cm³/mol. The van der Waals surface area contributed by atoms with Gasteiger partial charge in [-0.05, 0) is 41.5 Å². The number of aromatic amines is 1. The molecule has 30 heavy (non-hydrogen) atoms. The Bertz CT molecular complexity index is 1170. The van der Waals surface area contributed by atoms with Gasteiger partial charge in [0.15, 0.2) is 5.13 Å². The molecule has 9 nitrogen and oxygen atoms in total. The third kappa shape index (κ3) is 3.65. The molecule has 156 valence electrons. The summed E-state index contributed by atoms with van der Waals surface area (Å²) in [6.45, 7) is 6.04. The van der Waals surface area contributed by atoms with Gasteiger partial charge in [-0.3, -0.25) is 4.79 Å². The van der Waals surface area contributed by atoms with E-state index in [0.717, 1.165) is 40.0 Å². The average molecular weight is 426 g/mol. The molecule has 1 amide bonds. The van der Waals surface area contributed by atoms with Crippen LogP contribution in [0.15, 0.2) is 29.9 Å². The summed E-state index contributed by atoms with van der Waals surface area (Å²) in [7, 11) is 1.65. The number of benzene rings is 1. The molecule has 0 spiro atoms. The van der Waals surface area contributed by atoms with Gasteiger partial charge < -0.3 is 15.0 Å². The van der Waals surface area contributed by atoms with Gasteiger partial charge in [-0.2, -0.15) is 0 Å². The fourth-order valence-corrected chi connectivity index (χ4v) is 4.25. The molecule has 0 bridgehead atoms. The van der Waals surface area contributed by atoms with Crippen LogP contribution in [0.5, 0.6) is 5.75 Å². The van der Waals surface area contributed by atoms with Crippen molar-refractivity contribution in [3.05, 3.63) is 35.6 Å². The van der Waals surface area contributed by atoms with Gasteiger partial charge in [0.2, 0.25) is 0 Å². The molecule has 3 aromatic heterocycles. The molecule has 0 saturated heterocycles. The number of aromatic nitrogens is 6. The highest BCUT2D eigenvalue weighted by Gasteiger charge is 2.28. The molecule has 0 aliphatic carbocycles. The van der Waals surface area contributed by atoms with Crippen LogP contribution < -0.4 is 10.1 Å². The summed E-state index contributed by atoms with van der Waals surface area (Å²) in [5, 5.41) is 17.7. The molecular formula is C20H23N7O2S. The van der Waals surface area contributed by atoms with Crippen LogP contribution in [-0.4, -0.2) is 43.2 Å². The highest BCUT2D eigenvalue weighted by molar-refractivity contribution is 7.14. The minimum absolute atomic E-state index is 0.0660. The van der Waals surface area contributed by atoms with Crippen molar-refractivity contribution in [1.82, 2.24) is 30.2 Å². The minimum atomic E-state index is -0.503. The predicted octanol–water partition coefficient (Wildman–Crippen LogP) is 3.82. The van der Waals surface area contributed by atoms with Crippen LogP contribution >= 0.6 is 11.3 Å². The second kappa shape index (κ2) is 8.23. The summed E-state index contributed by atoms with van der Waals surface area (Å²) in [5.41, 5.74) is 3.82. The van der Waals surface area contributed by atoms with E-state index in [-0.39, 0.29) is 11.8 Å². The van der Waals surface area contributed by atoms with E-state index in [1.165, 1.54) is 22.3 Å². The quantitative estimate of drug-likeness (QED) is 0.466. The molecule has 0 aliphatic heterocycles. The van der Waals surface area contributed by atoms with Gasteiger partial charge in [0, 0.05) is 27.5 Å². The molecule has 0 aliphatic rings. The average Bonchev–Trinajstić information content (AvgIpc) is 3.47. The first-order valence-electron chi connectivity index (χ1n) is 9.67. The van der Waals surface area contributed by atoms with Crippen molar-refractivity contribution < 1.29 is 9.53 Å². The summed E-state index contributed by atoms with van der Waals surface area (Å²) in [6, 6.07) is 5.39. The van der Waals surface area contributed by atoms with Crippen LogP contribution in [0.1, 0.15) is 32.0 Å². The van der Waals surface area contributed by atoms with Crippen LogP contribution in [0.4, 0.5) is 5.13 Å². The number of ether oxygens (including phenoxy) is 1. The van der Waals surface area contributed by atoms with E-state index in [0.29, 0.717) is 5.13 Å². The molecule has 2 atom stereocenters. The molecule has 0 unspecified atom stereocenters. The van der Waals surface area contributed by atoms with Crippen LogP contribution in [0.25, 0.3) is 22.2 Å². The SMILES string of the molecule is CC[C@H](C)[C@@H](C(=O)Nc1nc(-c2c(C)[nH]c3ccc(OC)cc23)cs1)n1cnnn1. The Morgan fingerprint density at radius 1 is 1.40 bits per heavy atom. The lowest BCUT2D eigenvalue weighted by Gasteiger charge is -2.20. The lowest BCUT2D eigenvalue weighted by molar-refractivity contribution is -0.121. The monoisotopic (exact) mass is 425 g/mol. The molecule has 4 aromatic rings. The van der Waals surface area contributed by atoms with E-state index in [2.05, 4.69) is 30.8 Å². The summed E-state index contributed by atoms with van der Waals surface area (Å²) < 4.78 is 6.86. The van der Waals surface area contributed by atoms with Crippen molar-refractivity contribution in [3.63, 3.8) is 0 Å². The number of thiazole rings is 1. The number of rotatable bonds is 7. The molecule has 0 radical (unpaired) electrons. The molecule has 0 fully saturated rings. The Labute approximate surface area is 177 Å². The van der Waals surface area contributed by atoms with Gasteiger partial charge in [0.05, 0.1) is 12.8 Å². The number of H-pyrrole nitrogens is 1. The zero-order valence-electron chi connectivity index (χ0n) is 17.2. The summed E-state index contributed by atoms with van der Waals surface area (Å²) in [5.74, 6) is 0.662. The van der Waals surface area contributed by atoms with E-state index in [1.54, 1.807) is 7.11 Å². The fraction of sp³-hybridized carbons (Fsp3) is 0.350. The highest BCUT2D eigenvalue weighted by atomic mass is 32.1. The number of amides is 1. The minimum Gasteiger partial charge on any atom is -0.497 e. The maximum atomic E-state index is 13.0. The van der Waals surface area contributed by atoms with Crippen molar-refractivity contribution in [2.75, 3.05) is 12.4 Å². The summed E-state index contributed by atoms with van der Waals surface area (Å²) in [4.78, 5) is 21.0. The van der Waals surface area contributed by atoms with Crippen molar-refractivity contribution in [3.8, 4) is 17.0 Å². The molecule has 3 heterocycles. The topological polar surface area (TPSA) is 111 Å². The number of anilines is 1. The maximum Gasteiger partial charge on any atom is 0.251 e. The smallest absolute Gasteiger partial charge is 0.251 e. The number of nitrogens with zero attached hydrogens (tertiary/aromatic N) is 5. The normalized spacial score (nSPS) is 13.3. The van der Waals surface area contributed by atoms with E-state index in [4.69, 9.17) is 4.74 Å². The Morgan fingerprint density at radius 2 is 2.23 bits per heavy atom. The van der Waals surface area contributed by atoms with Gasteiger partial charge in [0.25, 0.3) is 5.91 Å². The number of tetrazole rings is 1. The van der Waals surface area contributed by atoms with Gasteiger partial charge >= 0.3 is 0 Å². The lowest BCUT2D eigenvalue weighted by Crippen LogP contribution is -2.31. The Hall–Kier alpha value is -3.27. The zero-order chi connectivity index (χ0) is 21.3. The Morgan fingerprint density at radius 3 is 2.93 bits per heavy atom. The zero-order valence-corrected chi connectivity index (χ0v) is 18.0. The van der Waals surface area contributed by atoms with Crippen LogP contribution in [0.2, 0.25) is 0 Å². The second-order valence-corrected chi connectivity index (χ2v) is 8.04. The standard InChI is InChI=1S/C20H23N7O2S/c1-5-11(2)18(27-10-21-25-26-27)19(28)24-20-23-16(9-30-20)17-12(3)22-15-7-6-13(29-4)8-14(15)17/h6-11,18,22H,5H2,1-4H3,(H,23,24,28)/t11-,18-/m0/s1. The number of methoxy groups -OCH3 is 1. The first-order valence-corrected chi connectivity index (χ1v) is 10.5. The number of fused-ring (bicyclic) bond motifs is 1. The fourth-order valence-electron chi connectivity index (χ4n) is 3.55. The molecule has 10 heteroatoms. The van der Waals surface area contributed by atoms with Crippen molar-refractivity contribution >= 4 is 33.3 Å². The van der Waals surface area contributed by atoms with Crippen molar-refractivity contribution in [2.24, 2.45) is 5.92 Å². The molecule has 0 saturated carbocycles. The van der Waals surface area contributed by atoms with E-state index in [9.17, 15) is 4.79 Å². The molecular weight excluding hydrogens is 402 g/mol. The van der Waals surface area contributed by atoms with E-state index < -0.39 is 6.04 Å². The maximum absolute atomic E-state index is 13.0. The lowest BCUT2D eigenvalue weighted by atomic mass is 9.99. The van der Waals surface area contributed by atoms with Gasteiger partial charge in [-0.25, -0.2) is 9.67 Å². The van der Waals surface area contributed by atoms with Gasteiger partial charge in [-0.1, -0.05) is 20.3 Å². The second-order valence-electron chi connectivity index (χ2n) is 7.18. The summed E-state index contributed by atoms with van der Waals surface area (Å²) in [6.07, 6.45) is 2.28. The first-order chi connectivity index (χ1) is 14.5. The van der Waals surface area contributed by atoms with E-state index >= 15 is 0 Å². The van der Waals surface area contributed by atoms with Crippen LogP contribution in [0.3, 0.4) is 0 Å². The number of hydrogen-bond acceptors (Lipinski definition) is 7. The van der Waals surface area contributed by atoms with Gasteiger partial charge in [-0.15, -0.1) is 16.4 Å². The Balaban J connectivity index is 1.63. The van der Waals surface area contributed by atoms with Crippen LogP contribution in [0, 0.1) is 12.8 Å². The number of carbonyl (C=O) groups excluding carboxylic acids is 1. The number of hydrogen-bond donors (Lipinski definition) is 2. The first kappa shape index (κ1) is 20.0. The van der Waals surface area contributed by atoms with Gasteiger partial charge in [0.1, 0.15) is 18.1 Å². The highest BCUT2D eigenvalue weighted by Crippen LogP contribution is 2.36. The Kier molecular flexibility index (Phi) is 5.49. The van der Waals surface area contributed by atoms with Crippen molar-refractivity contribution in [1.29, 1.82) is 0 Å². The van der Waals surface area contributed by atoms with Crippen molar-refractivity contribution in [2.45, 2.75) is 33.2 Å².